The van der Waals surface area contributed by atoms with Gasteiger partial charge in [0.1, 0.15) is 12.2 Å². The topological polar surface area (TPSA) is 56.7 Å². The first-order chi connectivity index (χ1) is 6.68. The highest BCUT2D eigenvalue weighted by molar-refractivity contribution is 5.53. The summed E-state index contributed by atoms with van der Waals surface area (Å²) in [5, 5.41) is 4.11. The van der Waals surface area contributed by atoms with Crippen LogP contribution in [0.15, 0.2) is 24.5 Å². The number of benzene rings is 1. The molecule has 14 heavy (non-hydrogen) atoms. The van der Waals surface area contributed by atoms with Gasteiger partial charge in [0.15, 0.2) is 0 Å². The number of anilines is 1. The van der Waals surface area contributed by atoms with Gasteiger partial charge < -0.3 is 5.73 Å². The van der Waals surface area contributed by atoms with Crippen LogP contribution >= 0.6 is 0 Å². The molecule has 4 heteroatoms. The fraction of sp³-hybridized carbons (Fsp3) is 0.200. The van der Waals surface area contributed by atoms with E-state index in [9.17, 15) is 0 Å². The average Bonchev–Trinajstić information content (AvgIpc) is 2.57. The van der Waals surface area contributed by atoms with Crippen LogP contribution in [0.25, 0.3) is 5.69 Å². The monoisotopic (exact) mass is 188 g/mol. The van der Waals surface area contributed by atoms with Crippen molar-refractivity contribution in [1.29, 1.82) is 0 Å². The summed E-state index contributed by atoms with van der Waals surface area (Å²) in [6.07, 6.45) is 1.53. The Labute approximate surface area is 82.4 Å². The average molecular weight is 188 g/mol. The van der Waals surface area contributed by atoms with Gasteiger partial charge in [0, 0.05) is 5.69 Å². The minimum atomic E-state index is 0.775. The summed E-state index contributed by atoms with van der Waals surface area (Å²) >= 11 is 0. The molecule has 0 saturated carbocycles. The number of aryl methyl sites for hydroxylation is 2. The van der Waals surface area contributed by atoms with Gasteiger partial charge in [0.05, 0.1) is 5.69 Å². The molecule has 0 aliphatic carbocycles. The van der Waals surface area contributed by atoms with E-state index in [1.165, 1.54) is 6.33 Å². The second kappa shape index (κ2) is 3.14. The van der Waals surface area contributed by atoms with Crippen molar-refractivity contribution in [1.82, 2.24) is 14.8 Å². The predicted octanol–water partition coefficient (Wildman–Crippen LogP) is 1.47. The number of hydrogen-bond acceptors (Lipinski definition) is 3. The molecule has 1 aromatic heterocycles. The van der Waals surface area contributed by atoms with Crippen molar-refractivity contribution in [2.75, 3.05) is 5.73 Å². The van der Waals surface area contributed by atoms with E-state index in [2.05, 4.69) is 10.1 Å². The van der Waals surface area contributed by atoms with E-state index in [1.807, 2.05) is 32.0 Å². The Morgan fingerprint density at radius 3 is 2.64 bits per heavy atom. The second-order valence-electron chi connectivity index (χ2n) is 3.26. The fourth-order valence-electron chi connectivity index (χ4n) is 1.31. The molecule has 2 N–H and O–H groups in total. The zero-order valence-corrected chi connectivity index (χ0v) is 8.23. The van der Waals surface area contributed by atoms with E-state index in [0.717, 1.165) is 22.8 Å². The van der Waals surface area contributed by atoms with Crippen LogP contribution in [0, 0.1) is 13.8 Å². The summed E-state index contributed by atoms with van der Waals surface area (Å²) in [6, 6.07) is 5.86. The van der Waals surface area contributed by atoms with Crippen LogP contribution in [0.1, 0.15) is 11.4 Å². The third-order valence-corrected chi connectivity index (χ3v) is 2.23. The summed E-state index contributed by atoms with van der Waals surface area (Å²) in [4.78, 5) is 4.06. The van der Waals surface area contributed by atoms with Crippen molar-refractivity contribution >= 4 is 5.69 Å². The minimum Gasteiger partial charge on any atom is -0.398 e. The van der Waals surface area contributed by atoms with Gasteiger partial charge in [-0.3, -0.25) is 0 Å². The SMILES string of the molecule is Cc1ccc(-n2ncnc2C)cc1N. The smallest absolute Gasteiger partial charge is 0.138 e. The maximum atomic E-state index is 5.82. The molecule has 72 valence electrons. The van der Waals surface area contributed by atoms with E-state index < -0.39 is 0 Å². The molecule has 0 saturated heterocycles. The summed E-state index contributed by atoms with van der Waals surface area (Å²) in [6.45, 7) is 3.89. The van der Waals surface area contributed by atoms with Gasteiger partial charge in [-0.1, -0.05) is 6.07 Å². The number of hydrogen-bond donors (Lipinski definition) is 1. The van der Waals surface area contributed by atoms with Crippen LogP contribution in [0.3, 0.4) is 0 Å². The van der Waals surface area contributed by atoms with Crippen molar-refractivity contribution in [3.63, 3.8) is 0 Å². The van der Waals surface area contributed by atoms with Crippen LogP contribution in [0.2, 0.25) is 0 Å². The number of nitrogens with zero attached hydrogens (tertiary/aromatic N) is 3. The van der Waals surface area contributed by atoms with E-state index in [1.54, 1.807) is 4.68 Å². The van der Waals surface area contributed by atoms with Gasteiger partial charge in [0.25, 0.3) is 0 Å². The van der Waals surface area contributed by atoms with Crippen molar-refractivity contribution < 1.29 is 0 Å². The number of nitrogen functional groups attached to an aromatic ring is 1. The molecule has 0 amide bonds. The molecule has 0 bridgehead atoms. The van der Waals surface area contributed by atoms with Crippen LogP contribution in [-0.2, 0) is 0 Å². The minimum absolute atomic E-state index is 0.775. The molecule has 1 heterocycles. The predicted molar refractivity (Wildman–Crippen MR) is 55.2 cm³/mol. The standard InChI is InChI=1S/C10H12N4/c1-7-3-4-9(5-10(7)11)14-8(2)12-6-13-14/h3-6H,11H2,1-2H3. The second-order valence-corrected chi connectivity index (χ2v) is 3.26. The molecule has 0 unspecified atom stereocenters. The lowest BCUT2D eigenvalue weighted by Gasteiger charge is -2.05. The molecule has 2 aromatic rings. The lowest BCUT2D eigenvalue weighted by atomic mass is 10.2. The molecular weight excluding hydrogens is 176 g/mol. The first kappa shape index (κ1) is 8.74. The van der Waals surface area contributed by atoms with Gasteiger partial charge in [-0.25, -0.2) is 9.67 Å². The zero-order valence-electron chi connectivity index (χ0n) is 8.23. The van der Waals surface area contributed by atoms with Gasteiger partial charge in [0.2, 0.25) is 0 Å². The van der Waals surface area contributed by atoms with Crippen molar-refractivity contribution in [3.8, 4) is 5.69 Å². The maximum Gasteiger partial charge on any atom is 0.138 e. The van der Waals surface area contributed by atoms with Crippen LogP contribution in [0.5, 0.6) is 0 Å². The summed E-state index contributed by atoms with van der Waals surface area (Å²) in [5.74, 6) is 0.855. The Morgan fingerprint density at radius 1 is 1.29 bits per heavy atom. The first-order valence-corrected chi connectivity index (χ1v) is 4.41. The zero-order chi connectivity index (χ0) is 10.1. The lowest BCUT2D eigenvalue weighted by molar-refractivity contribution is 0.840. The summed E-state index contributed by atoms with van der Waals surface area (Å²) in [7, 11) is 0. The van der Waals surface area contributed by atoms with Crippen LogP contribution in [0.4, 0.5) is 5.69 Å². The van der Waals surface area contributed by atoms with Gasteiger partial charge in [-0.05, 0) is 31.5 Å². The molecular formula is C10H12N4. The van der Waals surface area contributed by atoms with Crippen LogP contribution < -0.4 is 5.73 Å². The van der Waals surface area contributed by atoms with Crippen molar-refractivity contribution in [2.45, 2.75) is 13.8 Å². The van der Waals surface area contributed by atoms with E-state index in [-0.39, 0.29) is 0 Å². The number of rotatable bonds is 1. The van der Waals surface area contributed by atoms with E-state index in [0.29, 0.717) is 0 Å². The maximum absolute atomic E-state index is 5.82. The van der Waals surface area contributed by atoms with Gasteiger partial charge >= 0.3 is 0 Å². The molecule has 2 rings (SSSR count). The molecule has 0 aliphatic rings. The normalized spacial score (nSPS) is 10.4. The lowest BCUT2D eigenvalue weighted by Crippen LogP contribution is -2.00. The Hall–Kier alpha value is -1.84. The van der Waals surface area contributed by atoms with Crippen molar-refractivity contribution in [2.24, 2.45) is 0 Å². The highest BCUT2D eigenvalue weighted by Crippen LogP contribution is 2.16. The molecule has 0 fully saturated rings. The Morgan fingerprint density at radius 2 is 2.07 bits per heavy atom. The highest BCUT2D eigenvalue weighted by Gasteiger charge is 2.02. The van der Waals surface area contributed by atoms with Crippen LogP contribution in [-0.4, -0.2) is 14.8 Å². The Balaban J connectivity index is 2.53. The van der Waals surface area contributed by atoms with Gasteiger partial charge in [-0.2, -0.15) is 5.10 Å². The van der Waals surface area contributed by atoms with Gasteiger partial charge in [-0.15, -0.1) is 0 Å². The third-order valence-electron chi connectivity index (χ3n) is 2.23. The Bertz CT molecular complexity index is 459. The molecule has 0 atom stereocenters. The largest absolute Gasteiger partial charge is 0.398 e. The molecule has 0 spiro atoms. The quantitative estimate of drug-likeness (QED) is 0.689. The molecule has 1 aromatic carbocycles. The van der Waals surface area contributed by atoms with E-state index in [4.69, 9.17) is 5.73 Å². The third kappa shape index (κ3) is 1.35. The number of nitrogens with two attached hydrogens (primary N) is 1. The van der Waals surface area contributed by atoms with Crippen molar-refractivity contribution in [3.05, 3.63) is 35.9 Å². The fourth-order valence-corrected chi connectivity index (χ4v) is 1.31. The first-order valence-electron chi connectivity index (χ1n) is 4.41. The Kier molecular flexibility index (Phi) is 1.96. The summed E-state index contributed by atoms with van der Waals surface area (Å²) in [5.41, 5.74) is 8.61. The molecule has 0 radical (unpaired) electrons. The molecule has 4 nitrogen and oxygen atoms in total. The summed E-state index contributed by atoms with van der Waals surface area (Å²) < 4.78 is 1.76. The van der Waals surface area contributed by atoms with E-state index >= 15 is 0 Å². The number of aromatic nitrogens is 3. The molecule has 0 aliphatic heterocycles. The highest BCUT2D eigenvalue weighted by atomic mass is 15.3.